The van der Waals surface area contributed by atoms with Crippen molar-refractivity contribution in [2.24, 2.45) is 0 Å². The van der Waals surface area contributed by atoms with E-state index in [2.05, 4.69) is 23.5 Å². The van der Waals surface area contributed by atoms with E-state index in [0.717, 1.165) is 47.5 Å². The van der Waals surface area contributed by atoms with Crippen LogP contribution in [-0.4, -0.2) is 11.5 Å². The first-order valence-corrected chi connectivity index (χ1v) is 12.1. The van der Waals surface area contributed by atoms with E-state index in [1.165, 1.54) is 46.6 Å². The second-order valence-corrected chi connectivity index (χ2v) is 9.13. The van der Waals surface area contributed by atoms with Crippen LogP contribution in [0.3, 0.4) is 0 Å². The summed E-state index contributed by atoms with van der Waals surface area (Å²) < 4.78 is 26.9. The van der Waals surface area contributed by atoms with Crippen molar-refractivity contribution in [2.45, 2.75) is 30.3 Å². The van der Waals surface area contributed by atoms with Crippen LogP contribution in [0, 0.1) is 11.6 Å². The van der Waals surface area contributed by atoms with Crippen molar-refractivity contribution in [2.75, 3.05) is 11.9 Å². The lowest BCUT2D eigenvalue weighted by atomic mass is 9.87. The third-order valence-corrected chi connectivity index (χ3v) is 7.05. The van der Waals surface area contributed by atoms with Crippen molar-refractivity contribution in [3.8, 4) is 0 Å². The number of halogens is 2. The molecule has 4 aromatic rings. The summed E-state index contributed by atoms with van der Waals surface area (Å²) in [5.74, 6) is 1.55. The van der Waals surface area contributed by atoms with Crippen molar-refractivity contribution < 1.29 is 8.78 Å². The molecular weight excluding hydrogens is 422 g/mol. The molecule has 1 aromatic heterocycles. The SMILES string of the molecule is Fc1ccc(C(CCCNc2c3c(nc4ccccc24)CSC3)c2ccc(F)cc2)cc1. The molecule has 1 aliphatic rings. The number of anilines is 1. The molecule has 0 saturated carbocycles. The first kappa shape index (κ1) is 21.0. The quantitative estimate of drug-likeness (QED) is 0.302. The molecule has 3 aromatic carbocycles. The number of hydrogen-bond acceptors (Lipinski definition) is 3. The van der Waals surface area contributed by atoms with Crippen LogP contribution in [0.1, 0.15) is 41.1 Å². The lowest BCUT2D eigenvalue weighted by Crippen LogP contribution is -2.09. The van der Waals surface area contributed by atoms with Gasteiger partial charge in [-0.05, 0) is 54.3 Å². The average Bonchev–Trinajstić information content (AvgIpc) is 3.28. The molecular formula is C27H24F2N2S. The maximum absolute atomic E-state index is 13.5. The van der Waals surface area contributed by atoms with Crippen LogP contribution >= 0.6 is 11.8 Å². The molecule has 5 rings (SSSR count). The highest BCUT2D eigenvalue weighted by Crippen LogP contribution is 2.38. The predicted molar refractivity (Wildman–Crippen MR) is 129 cm³/mol. The summed E-state index contributed by atoms with van der Waals surface area (Å²) in [5, 5.41) is 4.86. The van der Waals surface area contributed by atoms with Crippen LogP contribution in [0.25, 0.3) is 10.9 Å². The molecule has 0 atom stereocenters. The molecule has 0 unspecified atom stereocenters. The molecule has 162 valence electrons. The molecule has 32 heavy (non-hydrogen) atoms. The average molecular weight is 447 g/mol. The van der Waals surface area contributed by atoms with Gasteiger partial charge in [-0.2, -0.15) is 11.8 Å². The minimum atomic E-state index is -0.246. The largest absolute Gasteiger partial charge is 0.384 e. The minimum absolute atomic E-state index is 0.0912. The van der Waals surface area contributed by atoms with Crippen molar-refractivity contribution in [1.82, 2.24) is 4.98 Å². The molecule has 2 heterocycles. The number of pyridine rings is 1. The normalized spacial score (nSPS) is 13.0. The molecule has 1 aliphatic heterocycles. The summed E-state index contributed by atoms with van der Waals surface area (Å²) in [7, 11) is 0. The van der Waals surface area contributed by atoms with Crippen LogP contribution < -0.4 is 5.32 Å². The second-order valence-electron chi connectivity index (χ2n) is 8.15. The Hall–Kier alpha value is -2.92. The maximum Gasteiger partial charge on any atom is 0.123 e. The van der Waals surface area contributed by atoms with E-state index < -0.39 is 0 Å². The molecule has 0 radical (unpaired) electrons. The number of fused-ring (bicyclic) bond motifs is 2. The van der Waals surface area contributed by atoms with Crippen LogP contribution in [0.2, 0.25) is 0 Å². The summed E-state index contributed by atoms with van der Waals surface area (Å²) in [6, 6.07) is 21.6. The smallest absolute Gasteiger partial charge is 0.123 e. The summed E-state index contributed by atoms with van der Waals surface area (Å²) in [6.07, 6.45) is 1.81. The fourth-order valence-corrected chi connectivity index (χ4v) is 5.51. The summed E-state index contributed by atoms with van der Waals surface area (Å²) in [4.78, 5) is 4.84. The molecule has 0 fully saturated rings. The van der Waals surface area contributed by atoms with Gasteiger partial charge in [0.15, 0.2) is 0 Å². The van der Waals surface area contributed by atoms with Crippen molar-refractivity contribution in [3.63, 3.8) is 0 Å². The lowest BCUT2D eigenvalue weighted by molar-refractivity contribution is 0.620. The highest BCUT2D eigenvalue weighted by atomic mass is 32.2. The molecule has 0 aliphatic carbocycles. The number of aromatic nitrogens is 1. The van der Waals surface area contributed by atoms with Crippen LogP contribution in [0.5, 0.6) is 0 Å². The zero-order valence-electron chi connectivity index (χ0n) is 17.7. The Morgan fingerprint density at radius 3 is 2.19 bits per heavy atom. The van der Waals surface area contributed by atoms with E-state index in [1.54, 1.807) is 0 Å². The number of rotatable bonds is 7. The molecule has 0 saturated heterocycles. The summed E-state index contributed by atoms with van der Waals surface area (Å²) in [5.41, 5.74) is 6.84. The van der Waals surface area contributed by atoms with Crippen LogP contribution in [-0.2, 0) is 11.5 Å². The van der Waals surface area contributed by atoms with Crippen LogP contribution in [0.4, 0.5) is 14.5 Å². The standard InChI is InChI=1S/C27H24F2N2S/c28-20-11-7-18(8-12-20)22(19-9-13-21(29)14-10-19)5-3-15-30-27-23-4-1-2-6-25(23)31-26-17-32-16-24(26)27/h1-2,4,6-14,22H,3,5,15-17H2,(H,30,31). The number of hydrogen-bond donors (Lipinski definition) is 1. The molecule has 0 spiro atoms. The Kier molecular flexibility index (Phi) is 6.08. The fraction of sp³-hybridized carbons (Fsp3) is 0.222. The molecule has 0 amide bonds. The lowest BCUT2D eigenvalue weighted by Gasteiger charge is -2.19. The van der Waals surface area contributed by atoms with E-state index in [-0.39, 0.29) is 17.6 Å². The number of para-hydroxylation sites is 1. The second kappa shape index (κ2) is 9.29. The third-order valence-electron chi connectivity index (χ3n) is 6.08. The van der Waals surface area contributed by atoms with Crippen molar-refractivity contribution in [1.29, 1.82) is 0 Å². The first-order valence-electron chi connectivity index (χ1n) is 10.9. The van der Waals surface area contributed by atoms with Gasteiger partial charge in [-0.15, -0.1) is 0 Å². The predicted octanol–water partition coefficient (Wildman–Crippen LogP) is 7.28. The van der Waals surface area contributed by atoms with E-state index >= 15 is 0 Å². The Morgan fingerprint density at radius 2 is 1.50 bits per heavy atom. The topological polar surface area (TPSA) is 24.9 Å². The zero-order chi connectivity index (χ0) is 21.9. The van der Waals surface area contributed by atoms with Gasteiger partial charge in [0.05, 0.1) is 11.2 Å². The number of benzene rings is 3. The molecule has 2 nitrogen and oxygen atoms in total. The fourth-order valence-electron chi connectivity index (χ4n) is 4.46. The Bertz CT molecular complexity index is 1180. The van der Waals surface area contributed by atoms with Gasteiger partial charge in [0.1, 0.15) is 11.6 Å². The van der Waals surface area contributed by atoms with Crippen LogP contribution in [0.15, 0.2) is 72.8 Å². The minimum Gasteiger partial charge on any atom is -0.384 e. The Balaban J connectivity index is 1.34. The van der Waals surface area contributed by atoms with E-state index in [0.29, 0.717) is 0 Å². The van der Waals surface area contributed by atoms with Gasteiger partial charge in [-0.25, -0.2) is 8.78 Å². The number of nitrogens with one attached hydrogen (secondary N) is 1. The molecule has 0 bridgehead atoms. The first-order chi connectivity index (χ1) is 15.7. The number of nitrogens with zero attached hydrogens (tertiary/aromatic N) is 1. The summed E-state index contributed by atoms with van der Waals surface area (Å²) in [6.45, 7) is 0.823. The van der Waals surface area contributed by atoms with E-state index in [4.69, 9.17) is 4.98 Å². The van der Waals surface area contributed by atoms with Crippen molar-refractivity contribution >= 4 is 28.4 Å². The third kappa shape index (κ3) is 4.35. The molecule has 1 N–H and O–H groups in total. The van der Waals surface area contributed by atoms with Gasteiger partial charge in [-0.3, -0.25) is 4.98 Å². The van der Waals surface area contributed by atoms with Gasteiger partial charge in [0.2, 0.25) is 0 Å². The van der Waals surface area contributed by atoms with Gasteiger partial charge >= 0.3 is 0 Å². The van der Waals surface area contributed by atoms with E-state index in [1.807, 2.05) is 42.1 Å². The van der Waals surface area contributed by atoms with Gasteiger partial charge in [0, 0.05) is 40.6 Å². The highest BCUT2D eigenvalue weighted by Gasteiger charge is 2.20. The van der Waals surface area contributed by atoms with Gasteiger partial charge in [-0.1, -0.05) is 42.5 Å². The monoisotopic (exact) mass is 446 g/mol. The maximum atomic E-state index is 13.5. The van der Waals surface area contributed by atoms with Gasteiger partial charge < -0.3 is 5.32 Å². The highest BCUT2D eigenvalue weighted by molar-refractivity contribution is 7.98. The molecule has 5 heteroatoms. The summed E-state index contributed by atoms with van der Waals surface area (Å²) >= 11 is 1.90. The number of thioether (sulfide) groups is 1. The van der Waals surface area contributed by atoms with E-state index in [9.17, 15) is 8.78 Å². The Morgan fingerprint density at radius 1 is 0.844 bits per heavy atom. The van der Waals surface area contributed by atoms with Gasteiger partial charge in [0.25, 0.3) is 0 Å². The Labute approximate surface area is 191 Å². The van der Waals surface area contributed by atoms with Crippen molar-refractivity contribution in [3.05, 3.63) is 107 Å². The zero-order valence-corrected chi connectivity index (χ0v) is 18.5.